The molecule has 1 unspecified atom stereocenters. The van der Waals surface area contributed by atoms with Crippen molar-refractivity contribution in [2.45, 2.75) is 19.4 Å². The highest BCUT2D eigenvalue weighted by Gasteiger charge is 2.17. The largest absolute Gasteiger partial charge is 0.494 e. The first kappa shape index (κ1) is 18.2. The van der Waals surface area contributed by atoms with Gasteiger partial charge < -0.3 is 24.8 Å². The van der Waals surface area contributed by atoms with Crippen molar-refractivity contribution in [3.05, 3.63) is 48.5 Å². The van der Waals surface area contributed by atoms with Gasteiger partial charge in [0.1, 0.15) is 11.5 Å². The molecule has 3 rings (SSSR count). The molecule has 0 radical (unpaired) electrons. The number of carbonyl (C=O) groups is 1. The monoisotopic (exact) mass is 356 g/mol. The van der Waals surface area contributed by atoms with Crippen LogP contribution < -0.4 is 20.1 Å². The molecule has 138 valence electrons. The Bertz CT molecular complexity index is 712. The number of hydrogen-bond acceptors (Lipinski definition) is 5. The molecular weight excluding hydrogens is 332 g/mol. The van der Waals surface area contributed by atoms with Gasteiger partial charge in [-0.05, 0) is 43.3 Å². The molecule has 0 bridgehead atoms. The third kappa shape index (κ3) is 5.21. The third-order valence-corrected chi connectivity index (χ3v) is 3.95. The Morgan fingerprint density at radius 2 is 1.96 bits per heavy atom. The summed E-state index contributed by atoms with van der Waals surface area (Å²) in [6.45, 7) is 4.58. The van der Waals surface area contributed by atoms with Gasteiger partial charge >= 0.3 is 0 Å². The standard InChI is InChI=1S/C20H24N2O4/c1-2-25-16-7-9-17(10-8-16)26-19-6-4-3-5-18(19)22-20(23)13-15-14-24-12-11-21-15/h3-10,15,21H,2,11-14H2,1H3,(H,22,23). The van der Waals surface area contributed by atoms with Crippen molar-refractivity contribution in [3.8, 4) is 17.2 Å². The second kappa shape index (κ2) is 9.22. The number of rotatable bonds is 7. The van der Waals surface area contributed by atoms with E-state index in [9.17, 15) is 4.79 Å². The predicted molar refractivity (Wildman–Crippen MR) is 100.0 cm³/mol. The molecule has 1 amide bonds. The number of ether oxygens (including phenoxy) is 3. The van der Waals surface area contributed by atoms with Gasteiger partial charge in [-0.1, -0.05) is 12.1 Å². The van der Waals surface area contributed by atoms with Crippen LogP contribution in [0.2, 0.25) is 0 Å². The number of morpholine rings is 1. The highest BCUT2D eigenvalue weighted by atomic mass is 16.5. The molecule has 1 atom stereocenters. The minimum Gasteiger partial charge on any atom is -0.494 e. The molecule has 6 heteroatoms. The Kier molecular flexibility index (Phi) is 6.46. The van der Waals surface area contributed by atoms with E-state index in [0.29, 0.717) is 43.4 Å². The minimum atomic E-state index is -0.0734. The van der Waals surface area contributed by atoms with Crippen LogP contribution in [0.1, 0.15) is 13.3 Å². The first-order chi connectivity index (χ1) is 12.7. The van der Waals surface area contributed by atoms with Gasteiger partial charge in [0.05, 0.1) is 25.5 Å². The average Bonchev–Trinajstić information content (AvgIpc) is 2.66. The van der Waals surface area contributed by atoms with E-state index in [-0.39, 0.29) is 11.9 Å². The number of anilines is 1. The molecule has 1 aliphatic heterocycles. The van der Waals surface area contributed by atoms with E-state index in [0.717, 1.165) is 12.3 Å². The molecular formula is C20H24N2O4. The van der Waals surface area contributed by atoms with E-state index >= 15 is 0 Å². The summed E-state index contributed by atoms with van der Waals surface area (Å²) in [4.78, 5) is 12.3. The van der Waals surface area contributed by atoms with Crippen LogP contribution in [0.3, 0.4) is 0 Å². The Labute approximate surface area is 153 Å². The average molecular weight is 356 g/mol. The van der Waals surface area contributed by atoms with Gasteiger partial charge in [-0.2, -0.15) is 0 Å². The lowest BCUT2D eigenvalue weighted by Gasteiger charge is -2.23. The molecule has 1 heterocycles. The van der Waals surface area contributed by atoms with E-state index in [1.165, 1.54) is 0 Å². The van der Waals surface area contributed by atoms with Crippen molar-refractivity contribution >= 4 is 11.6 Å². The van der Waals surface area contributed by atoms with Crippen molar-refractivity contribution in [1.82, 2.24) is 5.32 Å². The Morgan fingerprint density at radius 1 is 1.19 bits per heavy atom. The quantitative estimate of drug-likeness (QED) is 0.797. The van der Waals surface area contributed by atoms with Crippen LogP contribution in [0, 0.1) is 0 Å². The molecule has 0 aliphatic carbocycles. The first-order valence-corrected chi connectivity index (χ1v) is 8.85. The Balaban J connectivity index is 1.62. The molecule has 26 heavy (non-hydrogen) atoms. The zero-order valence-corrected chi connectivity index (χ0v) is 14.9. The summed E-state index contributed by atoms with van der Waals surface area (Å²) in [6, 6.07) is 14.8. The second-order valence-electron chi connectivity index (χ2n) is 5.98. The number of nitrogens with one attached hydrogen (secondary N) is 2. The number of para-hydroxylation sites is 2. The minimum absolute atomic E-state index is 0.0444. The van der Waals surface area contributed by atoms with Crippen molar-refractivity contribution in [1.29, 1.82) is 0 Å². The topological polar surface area (TPSA) is 68.8 Å². The van der Waals surface area contributed by atoms with Crippen molar-refractivity contribution in [3.63, 3.8) is 0 Å². The van der Waals surface area contributed by atoms with Crippen LogP contribution >= 0.6 is 0 Å². The molecule has 6 nitrogen and oxygen atoms in total. The van der Waals surface area contributed by atoms with E-state index in [1.807, 2.05) is 55.5 Å². The van der Waals surface area contributed by atoms with Gasteiger partial charge in [-0.3, -0.25) is 4.79 Å². The van der Waals surface area contributed by atoms with Gasteiger partial charge in [0.2, 0.25) is 5.91 Å². The van der Waals surface area contributed by atoms with Crippen LogP contribution in [0.5, 0.6) is 17.2 Å². The molecule has 0 aromatic heterocycles. The van der Waals surface area contributed by atoms with E-state index < -0.39 is 0 Å². The van der Waals surface area contributed by atoms with Crippen LogP contribution in [0.4, 0.5) is 5.69 Å². The second-order valence-corrected chi connectivity index (χ2v) is 5.98. The SMILES string of the molecule is CCOc1ccc(Oc2ccccc2NC(=O)CC2COCCN2)cc1. The summed E-state index contributed by atoms with van der Waals surface area (Å²) in [5.41, 5.74) is 0.642. The van der Waals surface area contributed by atoms with Crippen molar-refractivity contribution in [2.24, 2.45) is 0 Å². The maximum atomic E-state index is 12.3. The van der Waals surface area contributed by atoms with E-state index in [2.05, 4.69) is 10.6 Å². The lowest BCUT2D eigenvalue weighted by Crippen LogP contribution is -2.43. The fraction of sp³-hybridized carbons (Fsp3) is 0.350. The summed E-state index contributed by atoms with van der Waals surface area (Å²) in [6.07, 6.45) is 0.359. The summed E-state index contributed by atoms with van der Waals surface area (Å²) in [5, 5.41) is 6.20. The zero-order valence-electron chi connectivity index (χ0n) is 14.9. The molecule has 0 saturated carbocycles. The number of benzene rings is 2. The highest BCUT2D eigenvalue weighted by molar-refractivity contribution is 5.92. The summed E-state index contributed by atoms with van der Waals surface area (Å²) < 4.78 is 16.7. The lowest BCUT2D eigenvalue weighted by molar-refractivity contribution is -0.117. The maximum absolute atomic E-state index is 12.3. The molecule has 1 fully saturated rings. The fourth-order valence-corrected chi connectivity index (χ4v) is 2.73. The van der Waals surface area contributed by atoms with Gasteiger partial charge in [0.15, 0.2) is 5.75 Å². The molecule has 2 aromatic carbocycles. The summed E-state index contributed by atoms with van der Waals surface area (Å²) in [7, 11) is 0. The molecule has 0 spiro atoms. The van der Waals surface area contributed by atoms with Crippen LogP contribution in [0.15, 0.2) is 48.5 Å². The third-order valence-electron chi connectivity index (χ3n) is 3.95. The molecule has 2 N–H and O–H groups in total. The van der Waals surface area contributed by atoms with Crippen molar-refractivity contribution < 1.29 is 19.0 Å². The normalized spacial score (nSPS) is 16.7. The number of amides is 1. The summed E-state index contributed by atoms with van der Waals surface area (Å²) in [5.74, 6) is 2.00. The molecule has 1 aliphatic rings. The highest BCUT2D eigenvalue weighted by Crippen LogP contribution is 2.30. The van der Waals surface area contributed by atoms with Crippen LogP contribution in [-0.2, 0) is 9.53 Å². The molecule has 1 saturated heterocycles. The summed E-state index contributed by atoms with van der Waals surface area (Å²) >= 11 is 0. The van der Waals surface area contributed by atoms with Gasteiger partial charge in [-0.25, -0.2) is 0 Å². The predicted octanol–water partition coefficient (Wildman–Crippen LogP) is 3.19. The van der Waals surface area contributed by atoms with Crippen molar-refractivity contribution in [2.75, 3.05) is 31.7 Å². The Hall–Kier alpha value is -2.57. The van der Waals surface area contributed by atoms with Crippen LogP contribution in [-0.4, -0.2) is 38.3 Å². The lowest BCUT2D eigenvalue weighted by atomic mass is 10.2. The first-order valence-electron chi connectivity index (χ1n) is 8.85. The number of carbonyl (C=O) groups excluding carboxylic acids is 1. The van der Waals surface area contributed by atoms with Gasteiger partial charge in [0, 0.05) is 19.0 Å². The van der Waals surface area contributed by atoms with Crippen LogP contribution in [0.25, 0.3) is 0 Å². The maximum Gasteiger partial charge on any atom is 0.226 e. The fourth-order valence-electron chi connectivity index (χ4n) is 2.73. The Morgan fingerprint density at radius 3 is 2.69 bits per heavy atom. The van der Waals surface area contributed by atoms with Gasteiger partial charge in [-0.15, -0.1) is 0 Å². The van der Waals surface area contributed by atoms with Gasteiger partial charge in [0.25, 0.3) is 0 Å². The smallest absolute Gasteiger partial charge is 0.226 e. The number of hydrogen-bond donors (Lipinski definition) is 2. The zero-order chi connectivity index (χ0) is 18.2. The van der Waals surface area contributed by atoms with E-state index in [1.54, 1.807) is 0 Å². The van der Waals surface area contributed by atoms with E-state index in [4.69, 9.17) is 14.2 Å². The molecule has 2 aromatic rings.